The van der Waals surface area contributed by atoms with Crippen LogP contribution in [0.2, 0.25) is 0 Å². The third kappa shape index (κ3) is 3.26. The fourth-order valence-corrected chi connectivity index (χ4v) is 2.06. The largest absolute Gasteiger partial charge is 0.507 e. The molecule has 1 aromatic rings. The van der Waals surface area contributed by atoms with Gasteiger partial charge in [-0.2, -0.15) is 0 Å². The second-order valence-corrected chi connectivity index (χ2v) is 4.43. The Bertz CT molecular complexity index is 328. The number of benzene rings is 1. The lowest BCUT2D eigenvalue weighted by atomic mass is 9.97. The third-order valence-corrected chi connectivity index (χ3v) is 3.17. The molecule has 1 N–H and O–H groups in total. The number of phenolic OH excluding ortho intramolecular Hbond substituents is 1. The molecule has 0 heterocycles. The van der Waals surface area contributed by atoms with Gasteiger partial charge in [0.05, 0.1) is 0 Å². The molecule has 90 valence electrons. The summed E-state index contributed by atoms with van der Waals surface area (Å²) in [5, 5.41) is 10.1. The van der Waals surface area contributed by atoms with E-state index in [9.17, 15) is 5.11 Å². The fourth-order valence-electron chi connectivity index (χ4n) is 2.06. The molecular formula is C15H24O. The molecule has 16 heavy (non-hydrogen) atoms. The van der Waals surface area contributed by atoms with Gasteiger partial charge in [-0.25, -0.2) is 0 Å². The Balaban J connectivity index is 2.88. The molecule has 0 unspecified atom stereocenters. The van der Waals surface area contributed by atoms with Crippen LogP contribution in [0.5, 0.6) is 5.75 Å². The van der Waals surface area contributed by atoms with Crippen molar-refractivity contribution in [3.05, 3.63) is 28.8 Å². The van der Waals surface area contributed by atoms with Crippen LogP contribution in [0, 0.1) is 0 Å². The molecule has 0 aromatic heterocycles. The summed E-state index contributed by atoms with van der Waals surface area (Å²) in [6, 6.07) is 4.31. The third-order valence-electron chi connectivity index (χ3n) is 3.17. The van der Waals surface area contributed by atoms with Gasteiger partial charge in [0.15, 0.2) is 0 Å². The van der Waals surface area contributed by atoms with Crippen LogP contribution in [0.15, 0.2) is 12.1 Å². The van der Waals surface area contributed by atoms with Crippen LogP contribution in [0.4, 0.5) is 0 Å². The van der Waals surface area contributed by atoms with E-state index in [0.717, 1.165) is 30.4 Å². The average molecular weight is 220 g/mol. The maximum Gasteiger partial charge on any atom is 0.121 e. The first-order valence-electron chi connectivity index (χ1n) is 6.56. The van der Waals surface area contributed by atoms with Crippen molar-refractivity contribution in [2.75, 3.05) is 0 Å². The van der Waals surface area contributed by atoms with Crippen LogP contribution >= 0.6 is 0 Å². The number of aromatic hydroxyl groups is 1. The van der Waals surface area contributed by atoms with E-state index in [1.54, 1.807) is 0 Å². The van der Waals surface area contributed by atoms with E-state index in [2.05, 4.69) is 32.9 Å². The Labute approximate surface area is 99.5 Å². The summed E-state index contributed by atoms with van der Waals surface area (Å²) in [5.41, 5.74) is 3.59. The van der Waals surface area contributed by atoms with Crippen molar-refractivity contribution >= 4 is 0 Å². The Hall–Kier alpha value is -0.980. The molecule has 0 radical (unpaired) electrons. The van der Waals surface area contributed by atoms with Gasteiger partial charge in [-0.15, -0.1) is 0 Å². The Morgan fingerprint density at radius 1 is 0.938 bits per heavy atom. The van der Waals surface area contributed by atoms with Crippen molar-refractivity contribution in [3.8, 4) is 5.75 Å². The van der Waals surface area contributed by atoms with Gasteiger partial charge < -0.3 is 5.11 Å². The van der Waals surface area contributed by atoms with Crippen molar-refractivity contribution in [3.63, 3.8) is 0 Å². The van der Waals surface area contributed by atoms with Gasteiger partial charge in [0, 0.05) is 0 Å². The fraction of sp³-hybridized carbons (Fsp3) is 0.600. The van der Waals surface area contributed by atoms with Gasteiger partial charge >= 0.3 is 0 Å². The zero-order chi connectivity index (χ0) is 12.0. The zero-order valence-corrected chi connectivity index (χ0v) is 10.8. The van der Waals surface area contributed by atoms with E-state index in [0.29, 0.717) is 5.75 Å². The lowest BCUT2D eigenvalue weighted by molar-refractivity contribution is 0.459. The summed E-state index contributed by atoms with van der Waals surface area (Å²) in [6.07, 6.45) is 6.64. The van der Waals surface area contributed by atoms with E-state index in [1.807, 2.05) is 0 Å². The van der Waals surface area contributed by atoms with E-state index >= 15 is 0 Å². The lowest BCUT2D eigenvalue weighted by Crippen LogP contribution is -1.94. The maximum absolute atomic E-state index is 10.1. The van der Waals surface area contributed by atoms with Crippen LogP contribution in [0.25, 0.3) is 0 Å². The monoisotopic (exact) mass is 220 g/mol. The smallest absolute Gasteiger partial charge is 0.121 e. The highest BCUT2D eigenvalue weighted by molar-refractivity contribution is 5.44. The minimum Gasteiger partial charge on any atom is -0.507 e. The number of rotatable bonds is 6. The normalized spacial score (nSPS) is 10.7. The topological polar surface area (TPSA) is 20.2 Å². The van der Waals surface area contributed by atoms with E-state index < -0.39 is 0 Å². The molecule has 1 aromatic carbocycles. The van der Waals surface area contributed by atoms with Crippen LogP contribution in [-0.2, 0) is 19.3 Å². The maximum atomic E-state index is 10.1. The number of hydrogen-bond acceptors (Lipinski definition) is 1. The summed E-state index contributed by atoms with van der Waals surface area (Å²) >= 11 is 0. The summed E-state index contributed by atoms with van der Waals surface area (Å²) in [5.74, 6) is 0.538. The van der Waals surface area contributed by atoms with Gasteiger partial charge in [0.1, 0.15) is 5.75 Å². The molecule has 0 aliphatic carbocycles. The Morgan fingerprint density at radius 3 is 2.19 bits per heavy atom. The van der Waals surface area contributed by atoms with E-state index in [-0.39, 0.29) is 0 Å². The molecule has 1 nitrogen and oxygen atoms in total. The van der Waals surface area contributed by atoms with Gasteiger partial charge in [-0.3, -0.25) is 0 Å². The van der Waals surface area contributed by atoms with E-state index in [4.69, 9.17) is 0 Å². The molecule has 0 atom stereocenters. The lowest BCUT2D eigenvalue weighted by Gasteiger charge is -2.11. The molecule has 0 bridgehead atoms. The predicted molar refractivity (Wildman–Crippen MR) is 70.1 cm³/mol. The standard InChI is InChI=1S/C15H24O/c1-4-7-8-9-14-11-12(5-2)10-13(6-3)15(14)16/h10-11,16H,4-9H2,1-3H3. The highest BCUT2D eigenvalue weighted by Gasteiger charge is 2.07. The number of unbranched alkanes of at least 4 members (excludes halogenated alkanes) is 2. The van der Waals surface area contributed by atoms with Crippen LogP contribution in [0.3, 0.4) is 0 Å². The molecule has 1 heteroatoms. The first-order chi connectivity index (χ1) is 7.72. The van der Waals surface area contributed by atoms with Crippen LogP contribution in [0.1, 0.15) is 56.7 Å². The molecule has 0 spiro atoms. The SMILES string of the molecule is CCCCCc1cc(CC)cc(CC)c1O. The summed E-state index contributed by atoms with van der Waals surface area (Å²) in [7, 11) is 0. The van der Waals surface area contributed by atoms with Crippen molar-refractivity contribution in [1.29, 1.82) is 0 Å². The van der Waals surface area contributed by atoms with Gasteiger partial charge in [0.2, 0.25) is 0 Å². The van der Waals surface area contributed by atoms with E-state index in [1.165, 1.54) is 24.8 Å². The highest BCUT2D eigenvalue weighted by Crippen LogP contribution is 2.27. The Morgan fingerprint density at radius 2 is 1.62 bits per heavy atom. The number of phenols is 1. The van der Waals surface area contributed by atoms with Gasteiger partial charge in [-0.1, -0.05) is 45.7 Å². The predicted octanol–water partition coefficient (Wildman–Crippen LogP) is 4.25. The second kappa shape index (κ2) is 6.57. The van der Waals surface area contributed by atoms with Crippen molar-refractivity contribution < 1.29 is 5.11 Å². The first kappa shape index (κ1) is 13.1. The van der Waals surface area contributed by atoms with Gasteiger partial charge in [-0.05, 0) is 42.4 Å². The summed E-state index contributed by atoms with van der Waals surface area (Å²) < 4.78 is 0. The van der Waals surface area contributed by atoms with Crippen molar-refractivity contribution in [1.82, 2.24) is 0 Å². The molecule has 0 fully saturated rings. The average Bonchev–Trinajstić information content (AvgIpc) is 2.31. The highest BCUT2D eigenvalue weighted by atomic mass is 16.3. The minimum atomic E-state index is 0.538. The second-order valence-electron chi connectivity index (χ2n) is 4.43. The number of hydrogen-bond donors (Lipinski definition) is 1. The molecule has 0 saturated heterocycles. The Kier molecular flexibility index (Phi) is 5.37. The van der Waals surface area contributed by atoms with Crippen molar-refractivity contribution in [2.24, 2.45) is 0 Å². The molecule has 0 amide bonds. The van der Waals surface area contributed by atoms with Gasteiger partial charge in [0.25, 0.3) is 0 Å². The molecule has 0 saturated carbocycles. The first-order valence-corrected chi connectivity index (χ1v) is 6.56. The van der Waals surface area contributed by atoms with Crippen LogP contribution in [-0.4, -0.2) is 5.11 Å². The molecular weight excluding hydrogens is 196 g/mol. The summed E-state index contributed by atoms with van der Waals surface area (Å²) in [6.45, 7) is 6.48. The molecule has 1 rings (SSSR count). The quantitative estimate of drug-likeness (QED) is 0.711. The van der Waals surface area contributed by atoms with Crippen molar-refractivity contribution in [2.45, 2.75) is 59.3 Å². The number of aryl methyl sites for hydroxylation is 3. The zero-order valence-electron chi connectivity index (χ0n) is 10.8. The molecule has 0 aliphatic heterocycles. The van der Waals surface area contributed by atoms with Crippen LogP contribution < -0.4 is 0 Å². The minimum absolute atomic E-state index is 0.538. The molecule has 0 aliphatic rings. The summed E-state index contributed by atoms with van der Waals surface area (Å²) in [4.78, 5) is 0.